The second kappa shape index (κ2) is 20.4. The SMILES string of the molecule is COC(=O)CNC(=O)CCC/C=C\CCCCCCCCCCCCC(C)O. The van der Waals surface area contributed by atoms with Gasteiger partial charge in [-0.3, -0.25) is 9.59 Å². The number of carbonyl (C=O) groups is 2. The maximum Gasteiger partial charge on any atom is 0.325 e. The third-order valence-corrected chi connectivity index (χ3v) is 4.84. The first kappa shape index (κ1) is 26.6. The number of esters is 1. The minimum atomic E-state index is -0.419. The van der Waals surface area contributed by atoms with E-state index >= 15 is 0 Å². The Morgan fingerprint density at radius 2 is 1.36 bits per heavy atom. The molecule has 0 aliphatic rings. The van der Waals surface area contributed by atoms with Gasteiger partial charge in [0.1, 0.15) is 6.54 Å². The highest BCUT2D eigenvalue weighted by Gasteiger charge is 2.03. The summed E-state index contributed by atoms with van der Waals surface area (Å²) in [6.45, 7) is 1.82. The maximum atomic E-state index is 11.5. The number of rotatable bonds is 19. The molecule has 0 aliphatic heterocycles. The standard InChI is InChI=1S/C23H43NO4/c1-21(25)18-16-14-12-10-8-6-4-3-5-7-9-11-13-15-17-19-22(26)24-20-23(27)28-2/h11,13,21,25H,3-10,12,14-20H2,1-2H3,(H,24,26)/b13-11-. The molecule has 0 saturated carbocycles. The van der Waals surface area contributed by atoms with Crippen LogP contribution >= 0.6 is 0 Å². The van der Waals surface area contributed by atoms with Crippen molar-refractivity contribution in [1.82, 2.24) is 5.32 Å². The molecule has 2 N–H and O–H groups in total. The van der Waals surface area contributed by atoms with E-state index in [9.17, 15) is 14.7 Å². The number of nitrogens with one attached hydrogen (secondary N) is 1. The number of methoxy groups -OCH3 is 1. The molecule has 1 unspecified atom stereocenters. The van der Waals surface area contributed by atoms with Gasteiger partial charge in [0.25, 0.3) is 0 Å². The van der Waals surface area contributed by atoms with E-state index in [0.29, 0.717) is 6.42 Å². The summed E-state index contributed by atoms with van der Waals surface area (Å²) in [4.78, 5) is 22.4. The van der Waals surface area contributed by atoms with Gasteiger partial charge in [-0.05, 0) is 39.0 Å². The van der Waals surface area contributed by atoms with Crippen molar-refractivity contribution in [3.63, 3.8) is 0 Å². The summed E-state index contributed by atoms with van der Waals surface area (Å²) in [7, 11) is 1.31. The second-order valence-corrected chi connectivity index (χ2v) is 7.68. The second-order valence-electron chi connectivity index (χ2n) is 7.68. The van der Waals surface area contributed by atoms with Crippen molar-refractivity contribution in [2.24, 2.45) is 0 Å². The summed E-state index contributed by atoms with van der Waals surface area (Å²) >= 11 is 0. The Morgan fingerprint density at radius 1 is 0.857 bits per heavy atom. The van der Waals surface area contributed by atoms with E-state index in [2.05, 4.69) is 22.2 Å². The summed E-state index contributed by atoms with van der Waals surface area (Å²) < 4.78 is 4.47. The van der Waals surface area contributed by atoms with Gasteiger partial charge in [0.2, 0.25) is 5.91 Å². The van der Waals surface area contributed by atoms with Crippen molar-refractivity contribution in [2.75, 3.05) is 13.7 Å². The predicted octanol–water partition coefficient (Wildman–Crippen LogP) is 5.06. The predicted molar refractivity (Wildman–Crippen MR) is 115 cm³/mol. The topological polar surface area (TPSA) is 75.6 Å². The largest absolute Gasteiger partial charge is 0.468 e. The zero-order chi connectivity index (χ0) is 20.9. The Bertz CT molecular complexity index is 407. The average molecular weight is 398 g/mol. The summed E-state index contributed by atoms with van der Waals surface area (Å²) in [5.41, 5.74) is 0. The van der Waals surface area contributed by atoms with Crippen LogP contribution in [0, 0.1) is 0 Å². The monoisotopic (exact) mass is 397 g/mol. The van der Waals surface area contributed by atoms with Crippen LogP contribution in [-0.4, -0.2) is 36.7 Å². The number of carbonyl (C=O) groups excluding carboxylic acids is 2. The molecule has 0 radical (unpaired) electrons. The molecule has 0 spiro atoms. The Labute approximate surface area is 172 Å². The van der Waals surface area contributed by atoms with Gasteiger partial charge in [-0.15, -0.1) is 0 Å². The van der Waals surface area contributed by atoms with Crippen LogP contribution in [0.4, 0.5) is 0 Å². The van der Waals surface area contributed by atoms with E-state index in [4.69, 9.17) is 0 Å². The van der Waals surface area contributed by atoms with Gasteiger partial charge >= 0.3 is 5.97 Å². The van der Waals surface area contributed by atoms with Crippen LogP contribution in [0.25, 0.3) is 0 Å². The number of aliphatic hydroxyl groups is 1. The van der Waals surface area contributed by atoms with Gasteiger partial charge in [0.05, 0.1) is 13.2 Å². The summed E-state index contributed by atoms with van der Waals surface area (Å²) in [5, 5.41) is 11.7. The Morgan fingerprint density at radius 3 is 1.89 bits per heavy atom. The molecule has 28 heavy (non-hydrogen) atoms. The highest BCUT2D eigenvalue weighted by molar-refractivity contribution is 5.81. The molecule has 0 fully saturated rings. The average Bonchev–Trinajstić information content (AvgIpc) is 2.68. The lowest BCUT2D eigenvalue weighted by Gasteiger charge is -2.04. The van der Waals surface area contributed by atoms with Gasteiger partial charge in [-0.2, -0.15) is 0 Å². The highest BCUT2D eigenvalue weighted by Crippen LogP contribution is 2.12. The van der Waals surface area contributed by atoms with Crippen LogP contribution in [0.3, 0.4) is 0 Å². The molecule has 0 heterocycles. The van der Waals surface area contributed by atoms with Crippen molar-refractivity contribution < 1.29 is 19.4 Å². The lowest BCUT2D eigenvalue weighted by atomic mass is 10.0. The van der Waals surface area contributed by atoms with E-state index in [0.717, 1.165) is 32.1 Å². The van der Waals surface area contributed by atoms with E-state index in [1.54, 1.807) is 0 Å². The summed E-state index contributed by atoms with van der Waals surface area (Å²) in [6.07, 6.45) is 21.5. The van der Waals surface area contributed by atoms with E-state index in [-0.39, 0.29) is 18.6 Å². The zero-order valence-corrected chi connectivity index (χ0v) is 18.2. The molecule has 0 saturated heterocycles. The molecule has 5 heteroatoms. The van der Waals surface area contributed by atoms with E-state index < -0.39 is 5.97 Å². The van der Waals surface area contributed by atoms with Gasteiger partial charge in [0, 0.05) is 6.42 Å². The first-order valence-corrected chi connectivity index (χ1v) is 11.2. The minimum absolute atomic E-state index is 0.0465. The molecule has 0 rings (SSSR count). The fourth-order valence-electron chi connectivity index (χ4n) is 3.06. The number of aliphatic hydroxyl groups excluding tert-OH is 1. The quantitative estimate of drug-likeness (QED) is 0.181. The summed E-state index contributed by atoms with van der Waals surface area (Å²) in [5.74, 6) is -0.518. The van der Waals surface area contributed by atoms with Crippen LogP contribution in [0.15, 0.2) is 12.2 Å². The molecule has 5 nitrogen and oxygen atoms in total. The molecular formula is C23H43NO4. The van der Waals surface area contributed by atoms with Crippen molar-refractivity contribution >= 4 is 11.9 Å². The zero-order valence-electron chi connectivity index (χ0n) is 18.2. The Hall–Kier alpha value is -1.36. The number of hydrogen-bond donors (Lipinski definition) is 2. The lowest BCUT2D eigenvalue weighted by Crippen LogP contribution is -2.29. The molecule has 0 aliphatic carbocycles. The maximum absolute atomic E-state index is 11.5. The van der Waals surface area contributed by atoms with E-state index in [1.165, 1.54) is 64.9 Å². The molecule has 164 valence electrons. The van der Waals surface area contributed by atoms with Crippen molar-refractivity contribution in [3.8, 4) is 0 Å². The number of amides is 1. The first-order chi connectivity index (χ1) is 13.6. The molecule has 0 aromatic rings. The lowest BCUT2D eigenvalue weighted by molar-refractivity contribution is -0.141. The number of hydrogen-bond acceptors (Lipinski definition) is 4. The molecule has 0 aromatic carbocycles. The highest BCUT2D eigenvalue weighted by atomic mass is 16.5. The molecule has 1 atom stereocenters. The van der Waals surface area contributed by atoms with Crippen molar-refractivity contribution in [2.45, 2.75) is 109 Å². The van der Waals surface area contributed by atoms with Gasteiger partial charge in [-0.1, -0.05) is 69.9 Å². The van der Waals surface area contributed by atoms with Gasteiger partial charge < -0.3 is 15.2 Å². The first-order valence-electron chi connectivity index (χ1n) is 11.2. The van der Waals surface area contributed by atoms with E-state index in [1.807, 2.05) is 6.92 Å². The molecule has 1 amide bonds. The van der Waals surface area contributed by atoms with Crippen molar-refractivity contribution in [3.05, 3.63) is 12.2 Å². The number of unbranched alkanes of at least 4 members (excludes halogenated alkanes) is 11. The van der Waals surface area contributed by atoms with Gasteiger partial charge in [-0.25, -0.2) is 0 Å². The Kier molecular flexibility index (Phi) is 19.4. The van der Waals surface area contributed by atoms with Crippen LogP contribution in [0.5, 0.6) is 0 Å². The summed E-state index contributed by atoms with van der Waals surface area (Å²) in [6, 6.07) is 0. The third-order valence-electron chi connectivity index (χ3n) is 4.84. The van der Waals surface area contributed by atoms with Crippen LogP contribution in [-0.2, 0) is 14.3 Å². The van der Waals surface area contributed by atoms with Crippen LogP contribution in [0.1, 0.15) is 103 Å². The molecular weight excluding hydrogens is 354 g/mol. The smallest absolute Gasteiger partial charge is 0.325 e. The van der Waals surface area contributed by atoms with Crippen LogP contribution in [0.2, 0.25) is 0 Å². The normalized spacial score (nSPS) is 12.2. The molecule has 0 bridgehead atoms. The number of ether oxygens (including phenoxy) is 1. The molecule has 0 aromatic heterocycles. The number of allylic oxidation sites excluding steroid dienone is 2. The minimum Gasteiger partial charge on any atom is -0.468 e. The van der Waals surface area contributed by atoms with Gasteiger partial charge in [0.15, 0.2) is 0 Å². The van der Waals surface area contributed by atoms with Crippen LogP contribution < -0.4 is 5.32 Å². The fraction of sp³-hybridized carbons (Fsp3) is 0.826. The third kappa shape index (κ3) is 20.9. The van der Waals surface area contributed by atoms with Crippen molar-refractivity contribution in [1.29, 1.82) is 0 Å². The Balaban J connectivity index is 3.24. The fourth-order valence-corrected chi connectivity index (χ4v) is 3.06.